The number of epoxide rings is 1. The fraction of sp³-hybridized carbons (Fsp3) is 0.550. The molecule has 3 rings (SSSR count). The van der Waals surface area contributed by atoms with E-state index in [1.807, 2.05) is 6.92 Å². The molecule has 0 bridgehead atoms. The van der Waals surface area contributed by atoms with E-state index < -0.39 is 5.97 Å². The van der Waals surface area contributed by atoms with Gasteiger partial charge >= 0.3 is 11.9 Å². The van der Waals surface area contributed by atoms with Crippen LogP contribution in [0.3, 0.4) is 0 Å². The Kier molecular flexibility index (Phi) is 5.14. The summed E-state index contributed by atoms with van der Waals surface area (Å²) in [4.78, 5) is 34.5. The predicted molar refractivity (Wildman–Crippen MR) is 93.1 cm³/mol. The Morgan fingerprint density at radius 2 is 2.19 bits per heavy atom. The first-order valence-electron chi connectivity index (χ1n) is 8.91. The molecule has 0 saturated carbocycles. The maximum Gasteiger partial charge on any atom is 0.334 e. The van der Waals surface area contributed by atoms with Crippen LogP contribution in [0.25, 0.3) is 0 Å². The minimum atomic E-state index is -0.544. The minimum absolute atomic E-state index is 0.0693. The fourth-order valence-corrected chi connectivity index (χ4v) is 3.65. The number of ether oxygens (including phenoxy) is 3. The fourth-order valence-electron chi connectivity index (χ4n) is 3.65. The van der Waals surface area contributed by atoms with Gasteiger partial charge in [0.25, 0.3) is 0 Å². The summed E-state index contributed by atoms with van der Waals surface area (Å²) in [7, 11) is 0. The standard InChI is InChI=1S/C20H24O6/c1-12(21)6-9-16(22)24-11-14-5-4-10-20(3)18(26-20)17-15(8-7-14)13(2)19(23)25-17/h5-6,9,15,17-18H,2,4,7-8,10-11H2,1,3H3/b9-6-,14-5+/t15-,17-,18-,20+/m0/s1. The Labute approximate surface area is 152 Å². The van der Waals surface area contributed by atoms with Gasteiger partial charge in [-0.05, 0) is 51.2 Å². The second-order valence-electron chi connectivity index (χ2n) is 7.34. The van der Waals surface area contributed by atoms with E-state index in [-0.39, 0.29) is 42.1 Å². The number of fused-ring (bicyclic) bond motifs is 3. The van der Waals surface area contributed by atoms with Crippen LogP contribution in [-0.2, 0) is 28.6 Å². The van der Waals surface area contributed by atoms with Gasteiger partial charge in [0.1, 0.15) is 18.8 Å². The number of ketones is 1. The summed E-state index contributed by atoms with van der Waals surface area (Å²) < 4.78 is 16.6. The van der Waals surface area contributed by atoms with Gasteiger partial charge < -0.3 is 14.2 Å². The van der Waals surface area contributed by atoms with Gasteiger partial charge in [0.15, 0.2) is 5.78 Å². The zero-order chi connectivity index (χ0) is 18.9. The van der Waals surface area contributed by atoms with Crippen molar-refractivity contribution in [3.05, 3.63) is 36.0 Å². The lowest BCUT2D eigenvalue weighted by Crippen LogP contribution is -2.29. The van der Waals surface area contributed by atoms with E-state index >= 15 is 0 Å². The Hall–Kier alpha value is -2.21. The second kappa shape index (κ2) is 7.19. The van der Waals surface area contributed by atoms with Crippen molar-refractivity contribution in [1.82, 2.24) is 0 Å². The lowest BCUT2D eigenvalue weighted by Gasteiger charge is -2.20. The Bertz CT molecular complexity index is 703. The SMILES string of the molecule is C=C1C(=O)O[C@H]2[C@H]1CC/C(COC(=O)/C=C\C(C)=O)=C\CC[C@@]1(C)O[C@@H]21. The number of hydrogen-bond acceptors (Lipinski definition) is 6. The molecule has 1 aliphatic carbocycles. The summed E-state index contributed by atoms with van der Waals surface area (Å²) in [5, 5.41) is 0. The quantitative estimate of drug-likeness (QED) is 0.331. The molecule has 0 N–H and O–H groups in total. The molecule has 0 unspecified atom stereocenters. The summed E-state index contributed by atoms with van der Waals surface area (Å²) in [5.41, 5.74) is 1.20. The molecule has 6 heteroatoms. The Morgan fingerprint density at radius 1 is 1.42 bits per heavy atom. The number of esters is 2. The first-order valence-corrected chi connectivity index (χ1v) is 8.91. The third kappa shape index (κ3) is 3.96. The first kappa shape index (κ1) is 18.6. The van der Waals surface area contributed by atoms with Gasteiger partial charge in [0.05, 0.1) is 5.60 Å². The Morgan fingerprint density at radius 3 is 2.92 bits per heavy atom. The van der Waals surface area contributed by atoms with E-state index in [9.17, 15) is 14.4 Å². The van der Waals surface area contributed by atoms with Gasteiger partial charge in [-0.2, -0.15) is 0 Å². The van der Waals surface area contributed by atoms with E-state index in [0.717, 1.165) is 24.5 Å². The molecule has 26 heavy (non-hydrogen) atoms. The highest BCUT2D eigenvalue weighted by Crippen LogP contribution is 2.49. The lowest BCUT2D eigenvalue weighted by molar-refractivity contribution is -0.140. The zero-order valence-electron chi connectivity index (χ0n) is 15.2. The van der Waals surface area contributed by atoms with Gasteiger partial charge in [-0.3, -0.25) is 4.79 Å². The van der Waals surface area contributed by atoms with Crippen LogP contribution >= 0.6 is 0 Å². The molecule has 2 fully saturated rings. The number of carbonyl (C=O) groups is 3. The van der Waals surface area contributed by atoms with Gasteiger partial charge in [0, 0.05) is 17.6 Å². The normalized spacial score (nSPS) is 35.8. The van der Waals surface area contributed by atoms with Crippen LogP contribution in [-0.4, -0.2) is 42.1 Å². The molecule has 0 aromatic carbocycles. The largest absolute Gasteiger partial charge is 0.458 e. The topological polar surface area (TPSA) is 82.2 Å². The van der Waals surface area contributed by atoms with Gasteiger partial charge in [-0.1, -0.05) is 12.7 Å². The number of carbonyl (C=O) groups excluding carboxylic acids is 3. The van der Waals surface area contributed by atoms with Gasteiger partial charge in [-0.15, -0.1) is 0 Å². The van der Waals surface area contributed by atoms with Crippen LogP contribution in [0.4, 0.5) is 0 Å². The lowest BCUT2D eigenvalue weighted by atomic mass is 9.84. The summed E-state index contributed by atoms with van der Waals surface area (Å²) in [6, 6.07) is 0. The molecular formula is C20H24O6. The number of rotatable bonds is 4. The van der Waals surface area contributed by atoms with E-state index in [1.165, 1.54) is 13.0 Å². The molecule has 0 radical (unpaired) electrons. The summed E-state index contributed by atoms with van der Waals surface area (Å²) in [6.07, 6.45) is 7.04. The maximum absolute atomic E-state index is 11.9. The molecule has 0 amide bonds. The second-order valence-corrected chi connectivity index (χ2v) is 7.34. The number of allylic oxidation sites excluding steroid dienone is 2. The summed E-state index contributed by atoms with van der Waals surface area (Å²) in [6.45, 7) is 7.46. The molecule has 2 aliphatic heterocycles. The van der Waals surface area contributed by atoms with E-state index in [4.69, 9.17) is 14.2 Å². The van der Waals surface area contributed by atoms with Gasteiger partial charge in [-0.25, -0.2) is 9.59 Å². The highest BCUT2D eigenvalue weighted by molar-refractivity contribution is 5.94. The summed E-state index contributed by atoms with van der Waals surface area (Å²) in [5.74, 6) is -1.17. The highest BCUT2D eigenvalue weighted by atomic mass is 16.6. The van der Waals surface area contributed by atoms with E-state index in [2.05, 4.69) is 12.7 Å². The number of hydrogen-bond donors (Lipinski definition) is 0. The smallest absolute Gasteiger partial charge is 0.334 e. The van der Waals surface area contributed by atoms with Crippen molar-refractivity contribution in [2.24, 2.45) is 5.92 Å². The van der Waals surface area contributed by atoms with Crippen LogP contribution < -0.4 is 0 Å². The molecule has 0 aromatic heterocycles. The average Bonchev–Trinajstić information content (AvgIpc) is 3.17. The average molecular weight is 360 g/mol. The van der Waals surface area contributed by atoms with Crippen molar-refractivity contribution in [3.8, 4) is 0 Å². The molecule has 2 saturated heterocycles. The van der Waals surface area contributed by atoms with E-state index in [0.29, 0.717) is 18.4 Å². The highest BCUT2D eigenvalue weighted by Gasteiger charge is 2.61. The molecule has 4 atom stereocenters. The van der Waals surface area contributed by atoms with Crippen molar-refractivity contribution >= 4 is 17.7 Å². The molecule has 0 aromatic rings. The van der Waals surface area contributed by atoms with Crippen molar-refractivity contribution < 1.29 is 28.6 Å². The van der Waals surface area contributed by atoms with Crippen molar-refractivity contribution in [3.63, 3.8) is 0 Å². The Balaban J connectivity index is 1.66. The van der Waals surface area contributed by atoms with Crippen LogP contribution in [0.5, 0.6) is 0 Å². The zero-order valence-corrected chi connectivity index (χ0v) is 15.2. The molecule has 0 spiro atoms. The predicted octanol–water partition coefficient (Wildman–Crippen LogP) is 2.43. The molecule has 6 nitrogen and oxygen atoms in total. The first-order chi connectivity index (χ1) is 12.3. The van der Waals surface area contributed by atoms with E-state index in [1.54, 1.807) is 0 Å². The van der Waals surface area contributed by atoms with Crippen molar-refractivity contribution in [1.29, 1.82) is 0 Å². The third-order valence-corrected chi connectivity index (χ3v) is 5.29. The molecular weight excluding hydrogens is 336 g/mol. The molecule has 3 aliphatic rings. The van der Waals surface area contributed by atoms with Crippen LogP contribution in [0.1, 0.15) is 39.5 Å². The van der Waals surface area contributed by atoms with Crippen molar-refractivity contribution in [2.45, 2.75) is 57.3 Å². The maximum atomic E-state index is 11.9. The van der Waals surface area contributed by atoms with Crippen LogP contribution in [0, 0.1) is 5.92 Å². The minimum Gasteiger partial charge on any atom is -0.458 e. The van der Waals surface area contributed by atoms with Crippen LogP contribution in [0.2, 0.25) is 0 Å². The third-order valence-electron chi connectivity index (χ3n) is 5.29. The van der Waals surface area contributed by atoms with Gasteiger partial charge in [0.2, 0.25) is 0 Å². The van der Waals surface area contributed by atoms with Crippen LogP contribution in [0.15, 0.2) is 36.0 Å². The molecule has 140 valence electrons. The van der Waals surface area contributed by atoms with Crippen molar-refractivity contribution in [2.75, 3.05) is 6.61 Å². The summed E-state index contributed by atoms with van der Waals surface area (Å²) >= 11 is 0. The molecule has 2 heterocycles. The monoisotopic (exact) mass is 360 g/mol.